The second-order valence-corrected chi connectivity index (χ2v) is 7.71. The van der Waals surface area contributed by atoms with E-state index in [1.54, 1.807) is 12.1 Å². The number of halogens is 1. The predicted molar refractivity (Wildman–Crippen MR) is 110 cm³/mol. The zero-order valence-corrected chi connectivity index (χ0v) is 16.9. The van der Waals surface area contributed by atoms with Crippen molar-refractivity contribution >= 4 is 27.9 Å². The summed E-state index contributed by atoms with van der Waals surface area (Å²) in [4.78, 5) is 14.9. The Morgan fingerprint density at radius 2 is 1.71 bits per heavy atom. The topological polar surface area (TPSA) is 71.3 Å². The second-order valence-electron chi connectivity index (χ2n) is 6.79. The summed E-state index contributed by atoms with van der Waals surface area (Å²) in [6, 6.07) is 16.9. The molecule has 1 N–H and O–H groups in total. The molecule has 7 heteroatoms. The third kappa shape index (κ3) is 4.25. The summed E-state index contributed by atoms with van der Waals surface area (Å²) in [5.41, 5.74) is 1.46. The number of rotatable bonds is 5. The third-order valence-corrected chi connectivity index (χ3v) is 5.35. The number of amides is 1. The fourth-order valence-corrected chi connectivity index (χ4v) is 3.57. The Labute approximate surface area is 172 Å². The smallest absolute Gasteiger partial charge is 0.318 e. The first kappa shape index (κ1) is 18.7. The quantitative estimate of drug-likeness (QED) is 0.638. The Bertz CT molecular complexity index is 921. The van der Waals surface area contributed by atoms with Gasteiger partial charge in [0.1, 0.15) is 6.04 Å². The van der Waals surface area contributed by atoms with Crippen molar-refractivity contribution in [3.63, 3.8) is 0 Å². The van der Waals surface area contributed by atoms with Crippen LogP contribution >= 0.6 is 15.9 Å². The average Bonchev–Trinajstić information content (AvgIpc) is 3.23. The first-order valence-corrected chi connectivity index (χ1v) is 10.2. The van der Waals surface area contributed by atoms with Crippen molar-refractivity contribution in [2.24, 2.45) is 0 Å². The maximum Gasteiger partial charge on any atom is 0.318 e. The number of carbonyl (C=O) groups excluding carboxylic acids is 1. The zero-order chi connectivity index (χ0) is 19.3. The van der Waals surface area contributed by atoms with Crippen molar-refractivity contribution in [3.05, 3.63) is 76.1 Å². The van der Waals surface area contributed by atoms with Crippen LogP contribution < -0.4 is 10.2 Å². The molecule has 1 amide bonds. The highest BCUT2D eigenvalue weighted by molar-refractivity contribution is 9.10. The van der Waals surface area contributed by atoms with E-state index < -0.39 is 6.04 Å². The number of hydrogen-bond donors (Lipinski definition) is 1. The molecule has 0 bridgehead atoms. The van der Waals surface area contributed by atoms with E-state index in [1.165, 1.54) is 6.42 Å². The number of piperidine rings is 1. The van der Waals surface area contributed by atoms with Crippen LogP contribution in [0.2, 0.25) is 0 Å². The molecule has 0 spiro atoms. The van der Waals surface area contributed by atoms with Crippen molar-refractivity contribution in [1.82, 2.24) is 15.5 Å². The number of carbonyl (C=O) groups is 1. The van der Waals surface area contributed by atoms with Crippen LogP contribution in [-0.2, 0) is 0 Å². The van der Waals surface area contributed by atoms with E-state index in [4.69, 9.17) is 4.42 Å². The van der Waals surface area contributed by atoms with E-state index in [-0.39, 0.29) is 5.91 Å². The van der Waals surface area contributed by atoms with Crippen molar-refractivity contribution in [3.8, 4) is 0 Å². The molecule has 3 aromatic rings. The molecule has 1 aliphatic heterocycles. The molecule has 2 aromatic carbocycles. The van der Waals surface area contributed by atoms with Crippen LogP contribution in [0.1, 0.15) is 47.1 Å². The molecule has 1 unspecified atom stereocenters. The van der Waals surface area contributed by atoms with Gasteiger partial charge in [-0.1, -0.05) is 51.4 Å². The number of nitrogens with one attached hydrogen (secondary N) is 1. The third-order valence-electron chi connectivity index (χ3n) is 4.82. The van der Waals surface area contributed by atoms with Gasteiger partial charge >= 0.3 is 6.01 Å². The maximum absolute atomic E-state index is 12.8. The fourth-order valence-electron chi connectivity index (χ4n) is 3.30. The lowest BCUT2D eigenvalue weighted by Crippen LogP contribution is -2.30. The van der Waals surface area contributed by atoms with Crippen molar-refractivity contribution in [1.29, 1.82) is 0 Å². The summed E-state index contributed by atoms with van der Waals surface area (Å²) in [5, 5.41) is 11.5. The van der Waals surface area contributed by atoms with E-state index in [2.05, 4.69) is 36.3 Å². The van der Waals surface area contributed by atoms with Gasteiger partial charge in [-0.25, -0.2) is 0 Å². The lowest BCUT2D eigenvalue weighted by atomic mass is 10.1. The number of nitrogens with zero attached hydrogens (tertiary/aromatic N) is 3. The van der Waals surface area contributed by atoms with Gasteiger partial charge in [0.2, 0.25) is 5.89 Å². The first-order valence-electron chi connectivity index (χ1n) is 9.40. The monoisotopic (exact) mass is 440 g/mol. The Balaban J connectivity index is 1.60. The van der Waals surface area contributed by atoms with Crippen LogP contribution in [-0.4, -0.2) is 29.2 Å². The molecule has 0 saturated carbocycles. The van der Waals surface area contributed by atoms with Gasteiger partial charge in [0, 0.05) is 23.1 Å². The van der Waals surface area contributed by atoms with Crippen molar-refractivity contribution in [2.75, 3.05) is 18.0 Å². The molecular formula is C21H21BrN4O2. The van der Waals surface area contributed by atoms with E-state index in [0.717, 1.165) is 36.0 Å². The SMILES string of the molecule is O=C(NC(c1ccccc1)c1nnc(N2CCCCC2)o1)c1ccc(Br)cc1. The molecule has 0 radical (unpaired) electrons. The minimum absolute atomic E-state index is 0.195. The lowest BCUT2D eigenvalue weighted by Gasteiger charge is -2.24. The summed E-state index contributed by atoms with van der Waals surface area (Å²) in [7, 11) is 0. The standard InChI is InChI=1S/C21H21BrN4O2/c22-17-11-9-16(10-12-17)19(27)23-18(15-7-3-1-4-8-15)20-24-25-21(28-20)26-13-5-2-6-14-26/h1,3-4,7-12,18H,2,5-6,13-14H2,(H,23,27). The van der Waals surface area contributed by atoms with Crippen LogP contribution in [0, 0.1) is 0 Å². The van der Waals surface area contributed by atoms with Crippen LogP contribution in [0.4, 0.5) is 6.01 Å². The van der Waals surface area contributed by atoms with E-state index in [1.807, 2.05) is 42.5 Å². The fraction of sp³-hybridized carbons (Fsp3) is 0.286. The van der Waals surface area contributed by atoms with Gasteiger partial charge in [-0.15, -0.1) is 5.10 Å². The first-order chi connectivity index (χ1) is 13.7. The summed E-state index contributed by atoms with van der Waals surface area (Å²) >= 11 is 3.39. The summed E-state index contributed by atoms with van der Waals surface area (Å²) in [5.74, 6) is 0.191. The maximum atomic E-state index is 12.8. The predicted octanol–water partition coefficient (Wildman–Crippen LogP) is 4.34. The molecule has 6 nitrogen and oxygen atoms in total. The van der Waals surface area contributed by atoms with Crippen molar-refractivity contribution in [2.45, 2.75) is 25.3 Å². The number of benzene rings is 2. The number of aromatic nitrogens is 2. The van der Waals surface area contributed by atoms with Crippen LogP contribution in [0.25, 0.3) is 0 Å². The molecule has 1 aromatic heterocycles. The Morgan fingerprint density at radius 3 is 2.43 bits per heavy atom. The summed E-state index contributed by atoms with van der Waals surface area (Å²) in [6.07, 6.45) is 3.48. The number of hydrogen-bond acceptors (Lipinski definition) is 5. The number of anilines is 1. The molecule has 0 aliphatic carbocycles. The largest absolute Gasteiger partial charge is 0.405 e. The van der Waals surface area contributed by atoms with Gasteiger partial charge in [0.15, 0.2) is 0 Å². The van der Waals surface area contributed by atoms with Crippen LogP contribution in [0.3, 0.4) is 0 Å². The Hall–Kier alpha value is -2.67. The molecule has 1 aliphatic rings. The Morgan fingerprint density at radius 1 is 1.00 bits per heavy atom. The summed E-state index contributed by atoms with van der Waals surface area (Å²) in [6.45, 7) is 1.84. The molecule has 2 heterocycles. The normalized spacial score (nSPS) is 15.2. The van der Waals surface area contributed by atoms with Gasteiger partial charge in [0.25, 0.3) is 5.91 Å². The lowest BCUT2D eigenvalue weighted by molar-refractivity contribution is 0.0938. The highest BCUT2D eigenvalue weighted by atomic mass is 79.9. The van der Waals surface area contributed by atoms with Gasteiger partial charge in [-0.2, -0.15) is 0 Å². The molecule has 1 saturated heterocycles. The molecule has 1 atom stereocenters. The molecule has 28 heavy (non-hydrogen) atoms. The molecule has 144 valence electrons. The summed E-state index contributed by atoms with van der Waals surface area (Å²) < 4.78 is 6.90. The second kappa shape index (κ2) is 8.56. The minimum atomic E-state index is -0.511. The van der Waals surface area contributed by atoms with E-state index in [9.17, 15) is 4.79 Å². The highest BCUT2D eigenvalue weighted by Crippen LogP contribution is 2.26. The molecule has 1 fully saturated rings. The highest BCUT2D eigenvalue weighted by Gasteiger charge is 2.25. The van der Waals surface area contributed by atoms with Gasteiger partial charge in [-0.3, -0.25) is 4.79 Å². The van der Waals surface area contributed by atoms with E-state index >= 15 is 0 Å². The van der Waals surface area contributed by atoms with Crippen LogP contribution in [0.5, 0.6) is 0 Å². The van der Waals surface area contributed by atoms with Crippen molar-refractivity contribution < 1.29 is 9.21 Å². The molecule has 4 rings (SSSR count). The molecular weight excluding hydrogens is 420 g/mol. The van der Waals surface area contributed by atoms with Gasteiger partial charge in [-0.05, 0) is 49.1 Å². The zero-order valence-electron chi connectivity index (χ0n) is 15.3. The van der Waals surface area contributed by atoms with Gasteiger partial charge in [0.05, 0.1) is 0 Å². The minimum Gasteiger partial charge on any atom is -0.405 e. The van der Waals surface area contributed by atoms with E-state index in [0.29, 0.717) is 17.5 Å². The average molecular weight is 441 g/mol. The van der Waals surface area contributed by atoms with Gasteiger partial charge < -0.3 is 14.6 Å². The van der Waals surface area contributed by atoms with Crippen LogP contribution in [0.15, 0.2) is 63.5 Å². The Kier molecular flexibility index (Phi) is 5.71.